The van der Waals surface area contributed by atoms with Gasteiger partial charge in [0, 0.05) is 23.6 Å². The van der Waals surface area contributed by atoms with Gasteiger partial charge >= 0.3 is 0 Å². The number of aryl methyl sites for hydroxylation is 1. The highest BCUT2D eigenvalue weighted by atomic mass is 16.5. The Morgan fingerprint density at radius 2 is 2.17 bits per heavy atom. The number of aromatic nitrogens is 4. The number of pyridine rings is 1. The van der Waals surface area contributed by atoms with Crippen molar-refractivity contribution in [3.05, 3.63) is 60.0 Å². The van der Waals surface area contributed by atoms with E-state index in [1.807, 2.05) is 37.3 Å². The van der Waals surface area contributed by atoms with Gasteiger partial charge in [-0.25, -0.2) is 4.98 Å². The van der Waals surface area contributed by atoms with Crippen LogP contribution in [0.1, 0.15) is 16.1 Å². The lowest BCUT2D eigenvalue weighted by Crippen LogP contribution is -2.12. The number of carbonyl (C=O) groups excluding carboxylic acids is 1. The van der Waals surface area contributed by atoms with E-state index in [2.05, 4.69) is 25.7 Å². The van der Waals surface area contributed by atoms with Gasteiger partial charge in [0.2, 0.25) is 0 Å². The topological polar surface area (TPSA) is 96.7 Å². The molecule has 0 aliphatic heterocycles. The summed E-state index contributed by atoms with van der Waals surface area (Å²) in [5.41, 5.74) is 4.08. The van der Waals surface area contributed by atoms with Crippen molar-refractivity contribution in [3.8, 4) is 11.3 Å². The molecule has 0 aliphatic rings. The number of nitrogens with one attached hydrogen (secondary N) is 2. The molecule has 1 aromatic carbocycles. The van der Waals surface area contributed by atoms with Gasteiger partial charge in [0.15, 0.2) is 0 Å². The lowest BCUT2D eigenvalue weighted by Gasteiger charge is -2.06. The van der Waals surface area contributed by atoms with E-state index in [0.717, 1.165) is 16.6 Å². The zero-order valence-corrected chi connectivity index (χ0v) is 12.8. The van der Waals surface area contributed by atoms with Crippen molar-refractivity contribution >= 4 is 22.7 Å². The number of carbonyl (C=O) groups is 1. The predicted octanol–water partition coefficient (Wildman–Crippen LogP) is 3.17. The van der Waals surface area contributed by atoms with Crippen LogP contribution in [0.2, 0.25) is 0 Å². The highest BCUT2D eigenvalue weighted by Gasteiger charge is 2.12. The number of benzene rings is 1. The summed E-state index contributed by atoms with van der Waals surface area (Å²) in [6.45, 7) is 1.81. The molecule has 0 saturated heterocycles. The molecule has 0 unspecified atom stereocenters. The van der Waals surface area contributed by atoms with E-state index >= 15 is 0 Å². The van der Waals surface area contributed by atoms with E-state index in [-0.39, 0.29) is 5.91 Å². The Balaban J connectivity index is 1.61. The van der Waals surface area contributed by atoms with E-state index in [9.17, 15) is 4.79 Å². The van der Waals surface area contributed by atoms with Gasteiger partial charge in [0.05, 0.1) is 22.3 Å². The molecule has 0 spiro atoms. The monoisotopic (exact) mass is 319 g/mol. The van der Waals surface area contributed by atoms with Crippen molar-refractivity contribution in [2.24, 2.45) is 0 Å². The zero-order chi connectivity index (χ0) is 16.5. The second-order valence-corrected chi connectivity index (χ2v) is 5.35. The van der Waals surface area contributed by atoms with Crippen LogP contribution in [0.15, 0.2) is 53.3 Å². The summed E-state index contributed by atoms with van der Waals surface area (Å²) < 4.78 is 5.06. The van der Waals surface area contributed by atoms with Crippen LogP contribution in [0.4, 0.5) is 5.69 Å². The average molecular weight is 319 g/mol. The van der Waals surface area contributed by atoms with Crippen molar-refractivity contribution < 1.29 is 9.32 Å². The van der Waals surface area contributed by atoms with Crippen molar-refractivity contribution in [2.75, 3.05) is 5.32 Å². The molecule has 0 saturated carbocycles. The molecule has 4 aromatic rings. The first-order valence-corrected chi connectivity index (χ1v) is 7.34. The number of H-pyrrole nitrogens is 1. The lowest BCUT2D eigenvalue weighted by atomic mass is 10.1. The molecule has 0 radical (unpaired) electrons. The number of aromatic amines is 1. The predicted molar refractivity (Wildman–Crippen MR) is 88.5 cm³/mol. The van der Waals surface area contributed by atoms with Crippen LogP contribution in [-0.4, -0.2) is 26.2 Å². The minimum absolute atomic E-state index is 0.244. The SMILES string of the molecule is Cc1noc2ncc(C(=O)Nc3cccc(-c4ccn[nH]4)c3)cc12. The second-order valence-electron chi connectivity index (χ2n) is 5.35. The molecule has 2 N–H and O–H groups in total. The molecule has 24 heavy (non-hydrogen) atoms. The van der Waals surface area contributed by atoms with Crippen LogP contribution in [0, 0.1) is 6.92 Å². The van der Waals surface area contributed by atoms with Gasteiger partial charge in [-0.3, -0.25) is 9.89 Å². The van der Waals surface area contributed by atoms with E-state index in [0.29, 0.717) is 22.7 Å². The number of hydrogen-bond donors (Lipinski definition) is 2. The van der Waals surface area contributed by atoms with Gasteiger partial charge < -0.3 is 9.84 Å². The zero-order valence-electron chi connectivity index (χ0n) is 12.8. The Hall–Kier alpha value is -3.48. The highest BCUT2D eigenvalue weighted by molar-refractivity contribution is 6.05. The number of fused-ring (bicyclic) bond motifs is 1. The molecule has 118 valence electrons. The van der Waals surface area contributed by atoms with E-state index in [4.69, 9.17) is 4.52 Å². The molecule has 1 amide bonds. The van der Waals surface area contributed by atoms with Gasteiger partial charge in [0.25, 0.3) is 11.6 Å². The minimum Gasteiger partial charge on any atom is -0.336 e. The van der Waals surface area contributed by atoms with Crippen LogP contribution in [0.3, 0.4) is 0 Å². The molecule has 0 atom stereocenters. The molecule has 7 heteroatoms. The molecule has 7 nitrogen and oxygen atoms in total. The lowest BCUT2D eigenvalue weighted by molar-refractivity contribution is 0.102. The first kappa shape index (κ1) is 14.1. The standard InChI is InChI=1S/C17H13N5O2/c1-10-14-8-12(9-18-17(14)24-22-10)16(23)20-13-4-2-3-11(7-13)15-5-6-19-21-15/h2-9H,1H3,(H,19,21)(H,20,23). The Morgan fingerprint density at radius 3 is 3.00 bits per heavy atom. The molecule has 0 fully saturated rings. The Labute approximate surface area is 136 Å². The molecule has 4 rings (SSSR count). The average Bonchev–Trinajstić information content (AvgIpc) is 3.25. The van der Waals surface area contributed by atoms with Crippen LogP contribution in [-0.2, 0) is 0 Å². The second kappa shape index (κ2) is 5.62. The third-order valence-electron chi connectivity index (χ3n) is 3.70. The molecule has 0 bridgehead atoms. The smallest absolute Gasteiger partial charge is 0.257 e. The summed E-state index contributed by atoms with van der Waals surface area (Å²) in [6, 6.07) is 11.1. The minimum atomic E-state index is -0.244. The van der Waals surface area contributed by atoms with E-state index in [1.165, 1.54) is 6.20 Å². The maximum Gasteiger partial charge on any atom is 0.257 e. The number of rotatable bonds is 3. The van der Waals surface area contributed by atoms with Crippen molar-refractivity contribution in [1.29, 1.82) is 0 Å². The molecule has 3 heterocycles. The van der Waals surface area contributed by atoms with Crippen LogP contribution < -0.4 is 5.32 Å². The summed E-state index contributed by atoms with van der Waals surface area (Å²) in [5, 5.41) is 14.3. The Morgan fingerprint density at radius 1 is 1.25 bits per heavy atom. The van der Waals surface area contributed by atoms with Gasteiger partial charge in [-0.1, -0.05) is 17.3 Å². The third-order valence-corrected chi connectivity index (χ3v) is 3.70. The van der Waals surface area contributed by atoms with Gasteiger partial charge in [-0.05, 0) is 31.2 Å². The molecular weight excluding hydrogens is 306 g/mol. The van der Waals surface area contributed by atoms with E-state index in [1.54, 1.807) is 12.3 Å². The van der Waals surface area contributed by atoms with Crippen LogP contribution in [0.5, 0.6) is 0 Å². The van der Waals surface area contributed by atoms with Gasteiger partial charge in [-0.2, -0.15) is 5.10 Å². The number of anilines is 1. The largest absolute Gasteiger partial charge is 0.336 e. The third kappa shape index (κ3) is 2.52. The van der Waals surface area contributed by atoms with Crippen molar-refractivity contribution in [2.45, 2.75) is 6.92 Å². The van der Waals surface area contributed by atoms with Crippen molar-refractivity contribution in [3.63, 3.8) is 0 Å². The summed E-state index contributed by atoms with van der Waals surface area (Å²) in [6.07, 6.45) is 3.16. The molecule has 3 aromatic heterocycles. The Bertz CT molecular complexity index is 1020. The summed E-state index contributed by atoms with van der Waals surface area (Å²) in [4.78, 5) is 16.6. The van der Waals surface area contributed by atoms with Gasteiger partial charge in [0.1, 0.15) is 0 Å². The van der Waals surface area contributed by atoms with Crippen molar-refractivity contribution in [1.82, 2.24) is 20.3 Å². The highest BCUT2D eigenvalue weighted by Crippen LogP contribution is 2.21. The normalized spacial score (nSPS) is 10.9. The number of hydrogen-bond acceptors (Lipinski definition) is 5. The first-order chi connectivity index (χ1) is 11.7. The molecular formula is C17H13N5O2. The number of nitrogens with zero attached hydrogens (tertiary/aromatic N) is 3. The molecule has 0 aliphatic carbocycles. The van der Waals surface area contributed by atoms with Gasteiger partial charge in [-0.15, -0.1) is 0 Å². The first-order valence-electron chi connectivity index (χ1n) is 7.34. The number of amides is 1. The fraction of sp³-hybridized carbons (Fsp3) is 0.0588. The Kier molecular flexibility index (Phi) is 3.31. The fourth-order valence-corrected chi connectivity index (χ4v) is 2.45. The maximum absolute atomic E-state index is 12.5. The summed E-state index contributed by atoms with van der Waals surface area (Å²) >= 11 is 0. The quantitative estimate of drug-likeness (QED) is 0.604. The fourth-order valence-electron chi connectivity index (χ4n) is 2.45. The maximum atomic E-state index is 12.5. The summed E-state index contributed by atoms with van der Waals surface area (Å²) in [7, 11) is 0. The van der Waals surface area contributed by atoms with Crippen LogP contribution >= 0.6 is 0 Å². The van der Waals surface area contributed by atoms with Crippen LogP contribution in [0.25, 0.3) is 22.4 Å². The summed E-state index contributed by atoms with van der Waals surface area (Å²) in [5.74, 6) is -0.244. The van der Waals surface area contributed by atoms with E-state index < -0.39 is 0 Å².